The molecule has 1 aliphatic rings. The van der Waals surface area contributed by atoms with Gasteiger partial charge in [0.15, 0.2) is 0 Å². The van der Waals surface area contributed by atoms with E-state index in [9.17, 15) is 18.0 Å². The average Bonchev–Trinajstić information content (AvgIpc) is 3.01. The molecule has 2 amide bonds. The van der Waals surface area contributed by atoms with E-state index in [4.69, 9.17) is 4.74 Å². The Balaban J connectivity index is 2.07. The Labute approximate surface area is 164 Å². The molecule has 0 atom stereocenters. The monoisotopic (exact) mass is 402 g/mol. The molecule has 0 spiro atoms. The Morgan fingerprint density at radius 2 is 1.79 bits per heavy atom. The minimum absolute atomic E-state index is 0.119. The number of amides is 2. The first-order valence-electron chi connectivity index (χ1n) is 8.93. The van der Waals surface area contributed by atoms with Gasteiger partial charge in [0.2, 0.25) is 11.8 Å². The first-order valence-corrected chi connectivity index (χ1v) is 10.4. The van der Waals surface area contributed by atoms with Crippen LogP contribution in [0.2, 0.25) is 0 Å². The summed E-state index contributed by atoms with van der Waals surface area (Å²) in [6.07, 6.45) is 0.899. The fourth-order valence-corrected chi connectivity index (χ4v) is 4.60. The third-order valence-corrected chi connectivity index (χ3v) is 6.09. The minimum atomic E-state index is -4.02. The summed E-state index contributed by atoms with van der Waals surface area (Å²) in [5.41, 5.74) is 2.39. The van der Waals surface area contributed by atoms with E-state index >= 15 is 0 Å². The molecular weight excluding hydrogens is 380 g/mol. The number of nitrogens with one attached hydrogen (secondary N) is 1. The van der Waals surface area contributed by atoms with Crippen molar-refractivity contribution < 1.29 is 22.7 Å². The number of para-hydroxylation sites is 1. The number of hydrogen-bond acceptors (Lipinski definition) is 5. The number of carbonyl (C=O) groups excluding carboxylic acids is 2. The minimum Gasteiger partial charge on any atom is -0.495 e. The lowest BCUT2D eigenvalue weighted by Crippen LogP contribution is -2.29. The van der Waals surface area contributed by atoms with Crippen molar-refractivity contribution >= 4 is 33.2 Å². The van der Waals surface area contributed by atoms with Gasteiger partial charge in [-0.3, -0.25) is 19.2 Å². The molecule has 0 aromatic heterocycles. The zero-order valence-corrected chi connectivity index (χ0v) is 16.8. The van der Waals surface area contributed by atoms with Crippen molar-refractivity contribution in [3.05, 3.63) is 47.5 Å². The van der Waals surface area contributed by atoms with E-state index in [2.05, 4.69) is 4.72 Å². The smallest absolute Gasteiger partial charge is 0.265 e. The number of imide groups is 1. The molecule has 1 saturated heterocycles. The van der Waals surface area contributed by atoms with Gasteiger partial charge in [0.05, 0.1) is 18.5 Å². The molecule has 0 aliphatic carbocycles. The summed E-state index contributed by atoms with van der Waals surface area (Å²) in [5.74, 6) is -0.570. The van der Waals surface area contributed by atoms with Crippen LogP contribution in [-0.4, -0.2) is 27.3 Å². The van der Waals surface area contributed by atoms with Crippen molar-refractivity contribution in [2.75, 3.05) is 16.7 Å². The highest BCUT2D eigenvalue weighted by molar-refractivity contribution is 7.92. The van der Waals surface area contributed by atoms with Crippen molar-refractivity contribution in [1.29, 1.82) is 0 Å². The Morgan fingerprint density at radius 3 is 2.39 bits per heavy atom. The molecule has 1 aliphatic heterocycles. The number of methoxy groups -OCH3 is 1. The molecule has 0 unspecified atom stereocenters. The van der Waals surface area contributed by atoms with Gasteiger partial charge in [-0.2, -0.15) is 0 Å². The molecule has 2 aromatic rings. The van der Waals surface area contributed by atoms with E-state index in [1.54, 1.807) is 0 Å². The molecular formula is C20H22N2O5S. The highest BCUT2D eigenvalue weighted by Crippen LogP contribution is 2.33. The zero-order valence-electron chi connectivity index (χ0n) is 16.0. The number of rotatable bonds is 6. The Hall–Kier alpha value is -2.87. The van der Waals surface area contributed by atoms with Crippen molar-refractivity contribution in [2.24, 2.45) is 0 Å². The first kappa shape index (κ1) is 19.9. The van der Waals surface area contributed by atoms with Gasteiger partial charge in [0.1, 0.15) is 10.6 Å². The van der Waals surface area contributed by atoms with Crippen molar-refractivity contribution in [3.8, 4) is 5.75 Å². The second-order valence-corrected chi connectivity index (χ2v) is 8.18. The van der Waals surface area contributed by atoms with Crippen LogP contribution in [0.15, 0.2) is 41.3 Å². The van der Waals surface area contributed by atoms with Gasteiger partial charge in [-0.1, -0.05) is 25.1 Å². The van der Waals surface area contributed by atoms with Crippen LogP contribution in [0.25, 0.3) is 0 Å². The molecule has 8 heteroatoms. The molecule has 0 saturated carbocycles. The molecule has 148 valence electrons. The zero-order chi connectivity index (χ0) is 20.5. The summed E-state index contributed by atoms with van der Waals surface area (Å²) >= 11 is 0. The molecule has 7 nitrogen and oxygen atoms in total. The number of carbonyl (C=O) groups is 2. The highest BCUT2D eigenvalue weighted by atomic mass is 32.2. The number of nitrogens with zero attached hydrogens (tertiary/aromatic N) is 1. The van der Waals surface area contributed by atoms with Gasteiger partial charge in [-0.05, 0) is 42.7 Å². The van der Waals surface area contributed by atoms with Gasteiger partial charge < -0.3 is 4.74 Å². The van der Waals surface area contributed by atoms with Crippen LogP contribution in [0.1, 0.15) is 30.9 Å². The number of aryl methyl sites for hydroxylation is 2. The number of ether oxygens (including phenoxy) is 1. The maximum atomic E-state index is 13.2. The molecule has 1 heterocycles. The number of anilines is 2. The van der Waals surface area contributed by atoms with Gasteiger partial charge in [0, 0.05) is 12.8 Å². The number of benzene rings is 2. The van der Waals surface area contributed by atoms with Gasteiger partial charge in [0.25, 0.3) is 10.0 Å². The number of sulfonamides is 1. The van der Waals surface area contributed by atoms with Crippen LogP contribution in [0.5, 0.6) is 5.75 Å². The van der Waals surface area contributed by atoms with E-state index in [1.807, 2.05) is 32.0 Å². The fraction of sp³-hybridized carbons (Fsp3) is 0.300. The molecule has 28 heavy (non-hydrogen) atoms. The van der Waals surface area contributed by atoms with Crippen LogP contribution < -0.4 is 14.4 Å². The second-order valence-electron chi connectivity index (χ2n) is 6.53. The molecule has 1 fully saturated rings. The first-order chi connectivity index (χ1) is 13.3. The fourth-order valence-electron chi connectivity index (χ4n) is 3.24. The van der Waals surface area contributed by atoms with Gasteiger partial charge in [-0.15, -0.1) is 0 Å². The van der Waals surface area contributed by atoms with Crippen LogP contribution >= 0.6 is 0 Å². The summed E-state index contributed by atoms with van der Waals surface area (Å²) in [7, 11) is -2.66. The van der Waals surface area contributed by atoms with Crippen LogP contribution in [-0.2, 0) is 26.0 Å². The number of hydrogen-bond donors (Lipinski definition) is 1. The van der Waals surface area contributed by atoms with Crippen LogP contribution in [0.4, 0.5) is 11.4 Å². The summed E-state index contributed by atoms with van der Waals surface area (Å²) in [5, 5.41) is 0. The predicted molar refractivity (Wildman–Crippen MR) is 106 cm³/mol. The third kappa shape index (κ3) is 3.60. The molecule has 0 radical (unpaired) electrons. The SMILES string of the molecule is CCc1cccc(C)c1NS(=O)(=O)c1cc(N2C(=O)CCC2=O)ccc1OC. The normalized spacial score (nSPS) is 14.5. The molecule has 1 N–H and O–H groups in total. The largest absolute Gasteiger partial charge is 0.495 e. The van der Waals surface area contributed by atoms with Crippen LogP contribution in [0, 0.1) is 6.92 Å². The quantitative estimate of drug-likeness (QED) is 0.750. The molecule has 3 rings (SSSR count). The topological polar surface area (TPSA) is 92.8 Å². The van der Waals surface area contributed by atoms with Crippen LogP contribution in [0.3, 0.4) is 0 Å². The Bertz CT molecular complexity index is 1030. The van der Waals surface area contributed by atoms with Gasteiger partial charge >= 0.3 is 0 Å². The van der Waals surface area contributed by atoms with Gasteiger partial charge in [-0.25, -0.2) is 8.42 Å². The Kier molecular flexibility index (Phi) is 5.42. The van der Waals surface area contributed by atoms with E-state index in [1.165, 1.54) is 25.3 Å². The third-order valence-electron chi connectivity index (χ3n) is 4.72. The molecule has 0 bridgehead atoms. The Morgan fingerprint density at radius 1 is 1.11 bits per heavy atom. The summed E-state index contributed by atoms with van der Waals surface area (Å²) in [6.45, 7) is 3.77. The van der Waals surface area contributed by atoms with E-state index in [-0.39, 0.29) is 41.0 Å². The lowest BCUT2D eigenvalue weighted by Gasteiger charge is -2.19. The van der Waals surface area contributed by atoms with Crippen molar-refractivity contribution in [1.82, 2.24) is 0 Å². The lowest BCUT2D eigenvalue weighted by molar-refractivity contribution is -0.121. The van der Waals surface area contributed by atoms with Crippen molar-refractivity contribution in [3.63, 3.8) is 0 Å². The summed E-state index contributed by atoms with van der Waals surface area (Å²) < 4.78 is 34.2. The van der Waals surface area contributed by atoms with E-state index in [0.29, 0.717) is 12.1 Å². The maximum absolute atomic E-state index is 13.2. The predicted octanol–water partition coefficient (Wildman–Crippen LogP) is 3.02. The van der Waals surface area contributed by atoms with E-state index in [0.717, 1.165) is 16.0 Å². The maximum Gasteiger partial charge on any atom is 0.265 e. The lowest BCUT2D eigenvalue weighted by atomic mass is 10.1. The standard InChI is InChI=1S/C20H22N2O5S/c1-4-14-7-5-6-13(2)20(14)21-28(25,26)17-12-15(8-9-16(17)27-3)22-18(23)10-11-19(22)24/h5-9,12,21H,4,10-11H2,1-3H3. The highest BCUT2D eigenvalue weighted by Gasteiger charge is 2.32. The molecule has 2 aromatic carbocycles. The van der Waals surface area contributed by atoms with E-state index < -0.39 is 10.0 Å². The summed E-state index contributed by atoms with van der Waals surface area (Å²) in [6, 6.07) is 9.81. The summed E-state index contributed by atoms with van der Waals surface area (Å²) in [4.78, 5) is 24.9. The van der Waals surface area contributed by atoms with Crippen molar-refractivity contribution in [2.45, 2.75) is 38.0 Å². The second kappa shape index (κ2) is 7.63. The average molecular weight is 402 g/mol.